The number of carboxylic acids is 1. The van der Waals surface area contributed by atoms with Gasteiger partial charge in [0.25, 0.3) is 5.91 Å². The molecule has 0 fully saturated rings. The Bertz CT molecular complexity index is 937. The van der Waals surface area contributed by atoms with E-state index in [1.54, 1.807) is 42.7 Å². The lowest BCUT2D eigenvalue weighted by Gasteiger charge is -2.33. The van der Waals surface area contributed by atoms with Crippen molar-refractivity contribution in [3.05, 3.63) is 89.7 Å². The normalized spacial score (nSPS) is 12.9. The Morgan fingerprint density at radius 3 is 2.14 bits per heavy atom. The summed E-state index contributed by atoms with van der Waals surface area (Å²) in [7, 11) is 0. The predicted molar refractivity (Wildman–Crippen MR) is 106 cm³/mol. The van der Waals surface area contributed by atoms with Crippen molar-refractivity contribution in [3.63, 3.8) is 0 Å². The fourth-order valence-electron chi connectivity index (χ4n) is 3.22. The lowest BCUT2D eigenvalue weighted by molar-refractivity contribution is -0.147. The lowest BCUT2D eigenvalue weighted by atomic mass is 9.97. The molecule has 3 rings (SSSR count). The summed E-state index contributed by atoms with van der Waals surface area (Å²) in [6, 6.07) is 16.9. The van der Waals surface area contributed by atoms with Crippen molar-refractivity contribution in [2.24, 2.45) is 0 Å². The van der Waals surface area contributed by atoms with E-state index in [0.29, 0.717) is 11.3 Å². The zero-order valence-corrected chi connectivity index (χ0v) is 15.4. The minimum atomic E-state index is -1.75. The van der Waals surface area contributed by atoms with Gasteiger partial charge in [-0.15, -0.1) is 0 Å². The number of amides is 1. The number of aromatic amines is 1. The maximum absolute atomic E-state index is 13.4. The largest absolute Gasteiger partial charge is 0.479 e. The highest BCUT2D eigenvalue weighted by Gasteiger charge is 2.36. The summed E-state index contributed by atoms with van der Waals surface area (Å²) in [6.45, 7) is 1.82. The molecule has 0 saturated carbocycles. The number of benzene rings is 2. The molecule has 0 aliphatic heterocycles. The van der Waals surface area contributed by atoms with Gasteiger partial charge >= 0.3 is 5.97 Å². The number of carbonyl (C=O) groups is 2. The first-order chi connectivity index (χ1) is 13.5. The summed E-state index contributed by atoms with van der Waals surface area (Å²) in [5, 5.41) is 20.0. The van der Waals surface area contributed by atoms with Gasteiger partial charge in [0.1, 0.15) is 0 Å². The maximum atomic E-state index is 13.4. The number of aromatic nitrogens is 1. The topological polar surface area (TPSA) is 93.6 Å². The standard InChI is InChI=1S/C22H22N2O4/c1-15-13-23-14-19(15)24(21(26)17-10-6-3-7-11-17)18(20(25)22(27)28)12-16-8-4-2-5-9-16/h2-11,13-14,18,20,23,25H,12H2,1H3,(H,27,28)/t18-,20-/m1/s1. The molecule has 1 heterocycles. The number of aliphatic hydroxyl groups excluding tert-OH is 1. The number of aliphatic carboxylic acids is 1. The van der Waals surface area contributed by atoms with E-state index in [1.165, 1.54) is 4.90 Å². The van der Waals surface area contributed by atoms with Gasteiger partial charge in [0.2, 0.25) is 0 Å². The Hall–Kier alpha value is -3.38. The van der Waals surface area contributed by atoms with Crippen LogP contribution in [0.2, 0.25) is 0 Å². The highest BCUT2D eigenvalue weighted by atomic mass is 16.4. The molecule has 0 aliphatic carbocycles. The van der Waals surface area contributed by atoms with Gasteiger partial charge in [0, 0.05) is 18.0 Å². The molecular formula is C22H22N2O4. The van der Waals surface area contributed by atoms with E-state index in [1.807, 2.05) is 37.3 Å². The van der Waals surface area contributed by atoms with Gasteiger partial charge in [-0.25, -0.2) is 4.79 Å². The van der Waals surface area contributed by atoms with Gasteiger partial charge in [0.15, 0.2) is 6.10 Å². The summed E-state index contributed by atoms with van der Waals surface area (Å²) in [5.74, 6) is -1.75. The Kier molecular flexibility index (Phi) is 5.91. The van der Waals surface area contributed by atoms with Crippen LogP contribution in [0.15, 0.2) is 73.1 Å². The SMILES string of the molecule is Cc1c[nH]cc1N(C(=O)c1ccccc1)[C@H](Cc1ccccc1)[C@@H](O)C(=O)O. The van der Waals surface area contributed by atoms with Gasteiger partial charge in [-0.05, 0) is 36.6 Å². The summed E-state index contributed by atoms with van der Waals surface area (Å²) < 4.78 is 0. The van der Waals surface area contributed by atoms with E-state index in [2.05, 4.69) is 4.98 Å². The van der Waals surface area contributed by atoms with Crippen LogP contribution in [0.5, 0.6) is 0 Å². The number of carbonyl (C=O) groups excluding carboxylic acids is 1. The van der Waals surface area contributed by atoms with Crippen molar-refractivity contribution in [3.8, 4) is 0 Å². The third kappa shape index (κ3) is 4.13. The monoisotopic (exact) mass is 378 g/mol. The molecule has 144 valence electrons. The Balaban J connectivity index is 2.09. The average molecular weight is 378 g/mol. The van der Waals surface area contributed by atoms with Crippen LogP contribution in [0.1, 0.15) is 21.5 Å². The summed E-state index contributed by atoms with van der Waals surface area (Å²) in [5.41, 5.74) is 2.56. The second-order valence-electron chi connectivity index (χ2n) is 6.60. The molecule has 0 radical (unpaired) electrons. The molecule has 1 aromatic heterocycles. The smallest absolute Gasteiger partial charge is 0.334 e. The molecule has 1 amide bonds. The molecule has 0 spiro atoms. The van der Waals surface area contributed by atoms with Crippen LogP contribution in [0.25, 0.3) is 0 Å². The van der Waals surface area contributed by atoms with Gasteiger partial charge in [-0.3, -0.25) is 9.69 Å². The molecule has 28 heavy (non-hydrogen) atoms. The molecule has 2 aromatic carbocycles. The van der Waals surface area contributed by atoms with Crippen molar-refractivity contribution in [2.45, 2.75) is 25.5 Å². The number of nitrogens with zero attached hydrogens (tertiary/aromatic N) is 1. The maximum Gasteiger partial charge on any atom is 0.334 e. The highest BCUT2D eigenvalue weighted by Crippen LogP contribution is 2.27. The number of hydrogen-bond acceptors (Lipinski definition) is 3. The van der Waals surface area contributed by atoms with Crippen molar-refractivity contribution in [1.82, 2.24) is 4.98 Å². The van der Waals surface area contributed by atoms with E-state index in [9.17, 15) is 19.8 Å². The molecular weight excluding hydrogens is 356 g/mol. The fourth-order valence-corrected chi connectivity index (χ4v) is 3.22. The van der Waals surface area contributed by atoms with Crippen molar-refractivity contribution in [2.75, 3.05) is 4.90 Å². The summed E-state index contributed by atoms with van der Waals surface area (Å²) in [4.78, 5) is 29.3. The fraction of sp³-hybridized carbons (Fsp3) is 0.182. The zero-order valence-electron chi connectivity index (χ0n) is 15.4. The van der Waals surface area contributed by atoms with Crippen LogP contribution in [0.4, 0.5) is 5.69 Å². The molecule has 3 N–H and O–H groups in total. The first-order valence-corrected chi connectivity index (χ1v) is 8.96. The van der Waals surface area contributed by atoms with E-state index in [0.717, 1.165) is 11.1 Å². The molecule has 3 aromatic rings. The average Bonchev–Trinajstić information content (AvgIpc) is 3.13. The summed E-state index contributed by atoms with van der Waals surface area (Å²) in [6.07, 6.45) is 1.82. The number of rotatable bonds is 7. The van der Waals surface area contributed by atoms with Gasteiger partial charge in [0.05, 0.1) is 11.7 Å². The zero-order chi connectivity index (χ0) is 20.1. The van der Waals surface area contributed by atoms with Gasteiger partial charge in [-0.2, -0.15) is 0 Å². The second-order valence-corrected chi connectivity index (χ2v) is 6.60. The second kappa shape index (κ2) is 8.54. The molecule has 0 saturated heterocycles. The molecule has 6 nitrogen and oxygen atoms in total. The van der Waals surface area contributed by atoms with Crippen LogP contribution < -0.4 is 4.90 Å². The van der Waals surface area contributed by atoms with Gasteiger partial charge in [-0.1, -0.05) is 48.5 Å². The minimum absolute atomic E-state index is 0.192. The lowest BCUT2D eigenvalue weighted by Crippen LogP contribution is -2.51. The number of carboxylic acid groups (broad SMARTS) is 1. The van der Waals surface area contributed by atoms with Crippen molar-refractivity contribution >= 4 is 17.6 Å². The third-order valence-corrected chi connectivity index (χ3v) is 4.66. The highest BCUT2D eigenvalue weighted by molar-refractivity contribution is 6.07. The Morgan fingerprint density at radius 1 is 1.00 bits per heavy atom. The van der Waals surface area contributed by atoms with Crippen LogP contribution in [-0.2, 0) is 11.2 Å². The number of hydrogen-bond donors (Lipinski definition) is 3. The molecule has 2 atom stereocenters. The number of H-pyrrole nitrogens is 1. The van der Waals surface area contributed by atoms with E-state index >= 15 is 0 Å². The van der Waals surface area contributed by atoms with Crippen LogP contribution in [0.3, 0.4) is 0 Å². The van der Waals surface area contributed by atoms with Gasteiger partial charge < -0.3 is 15.2 Å². The van der Waals surface area contributed by atoms with Crippen LogP contribution in [0, 0.1) is 6.92 Å². The predicted octanol–water partition coefficient (Wildman–Crippen LogP) is 3.03. The first kappa shape index (κ1) is 19.4. The first-order valence-electron chi connectivity index (χ1n) is 8.96. The van der Waals surface area contributed by atoms with Crippen LogP contribution >= 0.6 is 0 Å². The molecule has 6 heteroatoms. The van der Waals surface area contributed by atoms with E-state index in [4.69, 9.17) is 0 Å². The number of aliphatic hydroxyl groups is 1. The number of aryl methyl sites for hydroxylation is 1. The number of nitrogens with one attached hydrogen (secondary N) is 1. The molecule has 0 aliphatic rings. The van der Waals surface area contributed by atoms with Crippen molar-refractivity contribution in [1.29, 1.82) is 0 Å². The minimum Gasteiger partial charge on any atom is -0.479 e. The molecule has 0 bridgehead atoms. The van der Waals surface area contributed by atoms with Crippen molar-refractivity contribution < 1.29 is 19.8 Å². The molecule has 0 unspecified atom stereocenters. The van der Waals surface area contributed by atoms with E-state index < -0.39 is 18.1 Å². The third-order valence-electron chi connectivity index (χ3n) is 4.66. The number of anilines is 1. The summed E-state index contributed by atoms with van der Waals surface area (Å²) >= 11 is 0. The Morgan fingerprint density at radius 2 is 1.61 bits per heavy atom. The van der Waals surface area contributed by atoms with E-state index in [-0.39, 0.29) is 12.3 Å². The Labute approximate surface area is 163 Å². The van der Waals surface area contributed by atoms with Crippen LogP contribution in [-0.4, -0.2) is 39.2 Å². The quantitative estimate of drug-likeness (QED) is 0.589.